The van der Waals surface area contributed by atoms with Gasteiger partial charge in [0, 0.05) is 11.4 Å². The highest BCUT2D eigenvalue weighted by molar-refractivity contribution is 8.01. The van der Waals surface area contributed by atoms with Gasteiger partial charge in [-0.25, -0.2) is 9.78 Å². The van der Waals surface area contributed by atoms with Crippen LogP contribution in [0.25, 0.3) is 10.2 Å². The number of nitrogens with one attached hydrogen (secondary N) is 2. The van der Waals surface area contributed by atoms with Crippen LogP contribution in [-0.2, 0) is 4.79 Å². The maximum atomic E-state index is 12.6. The van der Waals surface area contributed by atoms with Crippen LogP contribution in [0.1, 0.15) is 26.3 Å². The number of aryl methyl sites for hydroxylation is 1. The molecule has 4 rings (SSSR count). The fraction of sp³-hybridized carbons (Fsp3) is 0.0833. The molecule has 0 saturated heterocycles. The number of hydrogen-bond acceptors (Lipinski definition) is 6. The van der Waals surface area contributed by atoms with Crippen molar-refractivity contribution in [3.63, 3.8) is 0 Å². The number of carbonyl (C=O) groups is 3. The number of anilines is 2. The lowest BCUT2D eigenvalue weighted by atomic mass is 10.1. The first-order chi connectivity index (χ1) is 15.9. The van der Waals surface area contributed by atoms with E-state index in [4.69, 9.17) is 0 Å². The zero-order valence-corrected chi connectivity index (χ0v) is 19.1. The second kappa shape index (κ2) is 9.85. The Labute approximate surface area is 197 Å². The first-order valence-electron chi connectivity index (χ1n) is 9.92. The number of thiazole rings is 1. The molecule has 33 heavy (non-hydrogen) atoms. The minimum Gasteiger partial charge on any atom is -0.478 e. The summed E-state index contributed by atoms with van der Waals surface area (Å²) < 4.78 is 1.59. The van der Waals surface area contributed by atoms with Crippen LogP contribution in [0, 0.1) is 6.92 Å². The van der Waals surface area contributed by atoms with Crippen molar-refractivity contribution in [1.82, 2.24) is 4.98 Å². The molecule has 166 valence electrons. The van der Waals surface area contributed by atoms with Crippen LogP contribution < -0.4 is 10.6 Å². The van der Waals surface area contributed by atoms with Crippen LogP contribution >= 0.6 is 23.1 Å². The van der Waals surface area contributed by atoms with Gasteiger partial charge in [0.2, 0.25) is 5.91 Å². The Balaban J connectivity index is 1.41. The van der Waals surface area contributed by atoms with E-state index in [0.29, 0.717) is 5.69 Å². The van der Waals surface area contributed by atoms with Gasteiger partial charge in [0.05, 0.1) is 27.1 Å². The molecule has 4 aromatic rings. The van der Waals surface area contributed by atoms with Gasteiger partial charge in [0.1, 0.15) is 0 Å². The van der Waals surface area contributed by atoms with Crippen molar-refractivity contribution in [3.05, 3.63) is 83.4 Å². The molecule has 0 saturated carbocycles. The van der Waals surface area contributed by atoms with Gasteiger partial charge >= 0.3 is 5.97 Å². The standard InChI is InChI=1S/C24H19N3O4S2/c1-14-6-8-15(9-7-14)25-21(28)13-32-24-27-19-11-10-16(12-20(19)33-24)26-22(29)17-4-2-3-5-18(17)23(30)31/h2-12H,13H2,1H3,(H,25,28)(H,26,29)(H,30,31). The number of benzene rings is 3. The summed E-state index contributed by atoms with van der Waals surface area (Å²) in [6.07, 6.45) is 0. The molecule has 7 nitrogen and oxygen atoms in total. The van der Waals surface area contributed by atoms with Crippen molar-refractivity contribution in [3.8, 4) is 0 Å². The molecule has 0 spiro atoms. The number of thioether (sulfide) groups is 1. The zero-order valence-electron chi connectivity index (χ0n) is 17.5. The molecule has 3 aromatic carbocycles. The van der Waals surface area contributed by atoms with Crippen LogP contribution in [0.4, 0.5) is 11.4 Å². The Morgan fingerprint density at radius 2 is 1.64 bits per heavy atom. The van der Waals surface area contributed by atoms with Crippen LogP contribution in [0.15, 0.2) is 71.1 Å². The second-order valence-corrected chi connectivity index (χ2v) is 9.42. The number of carboxylic acid groups (broad SMARTS) is 1. The SMILES string of the molecule is Cc1ccc(NC(=O)CSc2nc3ccc(NC(=O)c4ccccc4C(=O)O)cc3s2)cc1. The quantitative estimate of drug-likeness (QED) is 0.312. The molecule has 0 bridgehead atoms. The van der Waals surface area contributed by atoms with Gasteiger partial charge in [-0.2, -0.15) is 0 Å². The molecule has 1 heterocycles. The summed E-state index contributed by atoms with van der Waals surface area (Å²) in [5, 5.41) is 14.9. The minimum absolute atomic E-state index is 0.0588. The summed E-state index contributed by atoms with van der Waals surface area (Å²) in [5.41, 5.74) is 3.19. The lowest BCUT2D eigenvalue weighted by Gasteiger charge is -2.07. The smallest absolute Gasteiger partial charge is 0.336 e. The number of amides is 2. The van der Waals surface area contributed by atoms with Gasteiger partial charge < -0.3 is 15.7 Å². The normalized spacial score (nSPS) is 10.7. The fourth-order valence-corrected chi connectivity index (χ4v) is 4.98. The molecule has 0 unspecified atom stereocenters. The lowest BCUT2D eigenvalue weighted by Crippen LogP contribution is -2.16. The first-order valence-corrected chi connectivity index (χ1v) is 11.7. The summed E-state index contributed by atoms with van der Waals surface area (Å²) >= 11 is 2.76. The van der Waals surface area contributed by atoms with Crippen molar-refractivity contribution in [2.24, 2.45) is 0 Å². The Morgan fingerprint density at radius 1 is 0.939 bits per heavy atom. The number of nitrogens with zero attached hydrogens (tertiary/aromatic N) is 1. The number of rotatable bonds is 7. The van der Waals surface area contributed by atoms with E-state index < -0.39 is 11.9 Å². The van der Waals surface area contributed by atoms with E-state index in [9.17, 15) is 19.5 Å². The molecule has 0 aliphatic heterocycles. The minimum atomic E-state index is -1.16. The monoisotopic (exact) mass is 477 g/mol. The van der Waals surface area contributed by atoms with E-state index in [1.807, 2.05) is 31.2 Å². The summed E-state index contributed by atoms with van der Waals surface area (Å²) in [4.78, 5) is 40.7. The number of aromatic carboxylic acids is 1. The van der Waals surface area contributed by atoms with Crippen molar-refractivity contribution in [1.29, 1.82) is 0 Å². The number of carbonyl (C=O) groups excluding carboxylic acids is 2. The maximum Gasteiger partial charge on any atom is 0.336 e. The number of fused-ring (bicyclic) bond motifs is 1. The second-order valence-electron chi connectivity index (χ2n) is 7.17. The molecule has 2 amide bonds. The molecule has 0 aliphatic carbocycles. The Morgan fingerprint density at radius 3 is 2.36 bits per heavy atom. The Hall–Kier alpha value is -3.69. The third-order valence-electron chi connectivity index (χ3n) is 4.69. The topological polar surface area (TPSA) is 108 Å². The predicted octanol–water partition coefficient (Wildman–Crippen LogP) is 5.29. The highest BCUT2D eigenvalue weighted by Crippen LogP contribution is 2.31. The average Bonchev–Trinajstić information content (AvgIpc) is 3.21. The molecule has 0 aliphatic rings. The summed E-state index contributed by atoms with van der Waals surface area (Å²) in [6, 6.07) is 18.9. The van der Waals surface area contributed by atoms with Gasteiger partial charge in [-0.15, -0.1) is 11.3 Å². The van der Waals surface area contributed by atoms with Crippen LogP contribution in [0.5, 0.6) is 0 Å². The number of carboxylic acids is 1. The van der Waals surface area contributed by atoms with E-state index in [1.54, 1.807) is 30.3 Å². The molecular weight excluding hydrogens is 458 g/mol. The molecule has 0 radical (unpaired) electrons. The summed E-state index contributed by atoms with van der Waals surface area (Å²) in [6.45, 7) is 1.99. The molecule has 3 N–H and O–H groups in total. The maximum absolute atomic E-state index is 12.6. The molecule has 1 aromatic heterocycles. The van der Waals surface area contributed by atoms with Gasteiger partial charge in [-0.3, -0.25) is 9.59 Å². The first kappa shape index (κ1) is 22.5. The van der Waals surface area contributed by atoms with Crippen LogP contribution in [-0.4, -0.2) is 33.6 Å². The highest BCUT2D eigenvalue weighted by Gasteiger charge is 2.16. The van der Waals surface area contributed by atoms with E-state index in [0.717, 1.165) is 25.8 Å². The third kappa shape index (κ3) is 5.57. The molecule has 0 atom stereocenters. The summed E-state index contributed by atoms with van der Waals surface area (Å²) in [5.74, 6) is -1.55. The van der Waals surface area contributed by atoms with Gasteiger partial charge in [-0.05, 0) is 49.4 Å². The van der Waals surface area contributed by atoms with E-state index >= 15 is 0 Å². The zero-order chi connectivity index (χ0) is 23.4. The highest BCUT2D eigenvalue weighted by atomic mass is 32.2. The van der Waals surface area contributed by atoms with Crippen molar-refractivity contribution in [2.75, 3.05) is 16.4 Å². The van der Waals surface area contributed by atoms with Gasteiger partial charge in [0.15, 0.2) is 4.34 Å². The summed E-state index contributed by atoms with van der Waals surface area (Å²) in [7, 11) is 0. The molecule has 9 heteroatoms. The van der Waals surface area contributed by atoms with E-state index in [-0.39, 0.29) is 22.8 Å². The lowest BCUT2D eigenvalue weighted by molar-refractivity contribution is -0.113. The van der Waals surface area contributed by atoms with Crippen LogP contribution in [0.3, 0.4) is 0 Å². The van der Waals surface area contributed by atoms with E-state index in [1.165, 1.54) is 35.2 Å². The van der Waals surface area contributed by atoms with E-state index in [2.05, 4.69) is 15.6 Å². The fourth-order valence-electron chi connectivity index (χ4n) is 3.07. The van der Waals surface area contributed by atoms with Crippen LogP contribution in [0.2, 0.25) is 0 Å². The van der Waals surface area contributed by atoms with Crippen molar-refractivity contribution in [2.45, 2.75) is 11.3 Å². The Kier molecular flexibility index (Phi) is 6.71. The molecule has 0 fully saturated rings. The van der Waals surface area contributed by atoms with Gasteiger partial charge in [0.25, 0.3) is 5.91 Å². The number of hydrogen-bond donors (Lipinski definition) is 3. The van der Waals surface area contributed by atoms with Crippen molar-refractivity contribution >= 4 is 62.5 Å². The number of aromatic nitrogens is 1. The van der Waals surface area contributed by atoms with Crippen molar-refractivity contribution < 1.29 is 19.5 Å². The average molecular weight is 478 g/mol. The molecular formula is C24H19N3O4S2. The predicted molar refractivity (Wildman–Crippen MR) is 132 cm³/mol. The van der Waals surface area contributed by atoms with Gasteiger partial charge in [-0.1, -0.05) is 41.6 Å². The third-order valence-corrected chi connectivity index (χ3v) is 6.85. The largest absolute Gasteiger partial charge is 0.478 e. The Bertz CT molecular complexity index is 1350.